The molecule has 1 atom stereocenters. The lowest BCUT2D eigenvalue weighted by Crippen LogP contribution is -2.32. The lowest BCUT2D eigenvalue weighted by Gasteiger charge is -2.24. The van der Waals surface area contributed by atoms with E-state index < -0.39 is 5.97 Å². The molecule has 0 aliphatic heterocycles. The van der Waals surface area contributed by atoms with E-state index in [1.54, 1.807) is 0 Å². The summed E-state index contributed by atoms with van der Waals surface area (Å²) in [6.45, 7) is 6.53. The van der Waals surface area contributed by atoms with Crippen LogP contribution in [0.4, 0.5) is 0 Å². The largest absolute Gasteiger partial charge is 0.452 e. The molecule has 5 heteroatoms. The predicted octanol–water partition coefficient (Wildman–Crippen LogP) is 3.29. The maximum Gasteiger partial charge on any atom is 0.339 e. The first-order valence-electron chi connectivity index (χ1n) is 9.30. The number of amides is 1. The Balaban J connectivity index is 1.87. The van der Waals surface area contributed by atoms with Gasteiger partial charge in [-0.05, 0) is 42.7 Å². The highest BCUT2D eigenvalue weighted by atomic mass is 16.5. The first-order valence-corrected chi connectivity index (χ1v) is 9.30. The van der Waals surface area contributed by atoms with E-state index in [4.69, 9.17) is 9.72 Å². The number of aromatic nitrogens is 1. The highest BCUT2D eigenvalue weighted by molar-refractivity contribution is 6.05. The summed E-state index contributed by atoms with van der Waals surface area (Å²) in [4.78, 5) is 29.5. The molecule has 1 aliphatic rings. The molecule has 1 aliphatic carbocycles. The Kier molecular flexibility index (Phi) is 5.55. The van der Waals surface area contributed by atoms with Gasteiger partial charge in [0.15, 0.2) is 6.61 Å². The second-order valence-electron chi connectivity index (χ2n) is 7.55. The van der Waals surface area contributed by atoms with Crippen LogP contribution in [0.5, 0.6) is 0 Å². The molecule has 2 aromatic rings. The summed E-state index contributed by atoms with van der Waals surface area (Å²) in [5, 5.41) is 3.57. The molecule has 0 radical (unpaired) electrons. The summed E-state index contributed by atoms with van der Waals surface area (Å²) < 4.78 is 5.35. The van der Waals surface area contributed by atoms with Gasteiger partial charge in [0.1, 0.15) is 0 Å². The van der Waals surface area contributed by atoms with E-state index in [0.717, 1.165) is 41.4 Å². The highest BCUT2D eigenvalue weighted by Gasteiger charge is 2.26. The van der Waals surface area contributed by atoms with Crippen LogP contribution >= 0.6 is 0 Å². The average Bonchev–Trinajstić information content (AvgIpc) is 2.62. The van der Waals surface area contributed by atoms with Gasteiger partial charge in [0.05, 0.1) is 11.1 Å². The molecule has 1 aromatic heterocycles. The number of esters is 1. The number of para-hydroxylation sites is 1. The lowest BCUT2D eigenvalue weighted by atomic mass is 9.84. The van der Waals surface area contributed by atoms with Gasteiger partial charge in [-0.1, -0.05) is 39.0 Å². The second kappa shape index (κ2) is 7.85. The maximum atomic E-state index is 12.8. The second-order valence-corrected chi connectivity index (χ2v) is 7.55. The summed E-state index contributed by atoms with van der Waals surface area (Å²) in [6.07, 6.45) is 2.76. The number of nitrogens with zero attached hydrogens (tertiary/aromatic N) is 1. The molecule has 5 nitrogen and oxygen atoms in total. The van der Waals surface area contributed by atoms with Crippen molar-refractivity contribution in [3.8, 4) is 0 Å². The summed E-state index contributed by atoms with van der Waals surface area (Å²) in [6, 6.07) is 7.63. The van der Waals surface area contributed by atoms with E-state index in [1.165, 1.54) is 0 Å². The minimum Gasteiger partial charge on any atom is -0.452 e. The van der Waals surface area contributed by atoms with Gasteiger partial charge in [0.2, 0.25) is 0 Å². The number of hydrogen-bond donors (Lipinski definition) is 1. The molecule has 138 valence electrons. The first-order chi connectivity index (χ1) is 12.5. The van der Waals surface area contributed by atoms with Crippen molar-refractivity contribution >= 4 is 22.8 Å². The van der Waals surface area contributed by atoms with E-state index in [9.17, 15) is 9.59 Å². The molecule has 1 N–H and O–H groups in total. The van der Waals surface area contributed by atoms with Crippen molar-refractivity contribution in [2.24, 2.45) is 11.8 Å². The van der Waals surface area contributed by atoms with Crippen LogP contribution in [0.15, 0.2) is 24.3 Å². The third-order valence-electron chi connectivity index (χ3n) is 4.75. The van der Waals surface area contributed by atoms with Gasteiger partial charge >= 0.3 is 5.97 Å². The van der Waals surface area contributed by atoms with E-state index in [0.29, 0.717) is 23.9 Å². The Hall–Kier alpha value is -2.43. The fourth-order valence-corrected chi connectivity index (χ4v) is 3.37. The van der Waals surface area contributed by atoms with E-state index in [1.807, 2.05) is 38.1 Å². The molecule has 0 spiro atoms. The zero-order valence-corrected chi connectivity index (χ0v) is 15.7. The smallest absolute Gasteiger partial charge is 0.339 e. The predicted molar refractivity (Wildman–Crippen MR) is 101 cm³/mol. The van der Waals surface area contributed by atoms with Gasteiger partial charge in [-0.3, -0.25) is 9.78 Å². The molecule has 0 bridgehead atoms. The number of carbonyl (C=O) groups is 2. The molecule has 1 aromatic carbocycles. The molecule has 26 heavy (non-hydrogen) atoms. The van der Waals surface area contributed by atoms with Crippen molar-refractivity contribution in [1.82, 2.24) is 10.3 Å². The number of ether oxygens (including phenoxy) is 1. The Bertz CT molecular complexity index is 829. The van der Waals surface area contributed by atoms with Crippen LogP contribution in [-0.2, 0) is 22.4 Å². The van der Waals surface area contributed by atoms with Crippen LogP contribution in [0.25, 0.3) is 10.9 Å². The first kappa shape index (κ1) is 18.4. The van der Waals surface area contributed by atoms with Crippen molar-refractivity contribution in [3.63, 3.8) is 0 Å². The Morgan fingerprint density at radius 2 is 2.08 bits per heavy atom. The molecule has 0 fully saturated rings. The van der Waals surface area contributed by atoms with Crippen LogP contribution < -0.4 is 5.32 Å². The molecule has 0 saturated heterocycles. The molecule has 1 unspecified atom stereocenters. The van der Waals surface area contributed by atoms with Crippen molar-refractivity contribution in [1.29, 1.82) is 0 Å². The number of carbonyl (C=O) groups excluding carboxylic acids is 2. The standard InChI is InChI=1S/C21H26N2O3/c1-13(2)11-22-19(24)12-26-21(25)20-15-6-4-5-7-17(15)23-18-9-8-14(3)10-16(18)20/h4-7,13-14H,8-12H2,1-3H3,(H,22,24). The lowest BCUT2D eigenvalue weighted by molar-refractivity contribution is -0.124. The summed E-state index contributed by atoms with van der Waals surface area (Å²) in [5.74, 6) is 0.153. The Labute approximate surface area is 154 Å². The van der Waals surface area contributed by atoms with Crippen LogP contribution in [0.3, 0.4) is 0 Å². The van der Waals surface area contributed by atoms with E-state index >= 15 is 0 Å². The quantitative estimate of drug-likeness (QED) is 0.837. The fourth-order valence-electron chi connectivity index (χ4n) is 3.37. The molecular weight excluding hydrogens is 328 g/mol. The van der Waals surface area contributed by atoms with Gasteiger partial charge in [-0.15, -0.1) is 0 Å². The van der Waals surface area contributed by atoms with Gasteiger partial charge in [0.25, 0.3) is 5.91 Å². The molecule has 1 amide bonds. The van der Waals surface area contributed by atoms with Gasteiger partial charge in [-0.25, -0.2) is 4.79 Å². The summed E-state index contributed by atoms with van der Waals surface area (Å²) in [7, 11) is 0. The third kappa shape index (κ3) is 4.03. The van der Waals surface area contributed by atoms with Crippen molar-refractivity contribution in [2.45, 2.75) is 40.0 Å². The Morgan fingerprint density at radius 1 is 1.31 bits per heavy atom. The van der Waals surface area contributed by atoms with E-state index in [-0.39, 0.29) is 12.5 Å². The van der Waals surface area contributed by atoms with Crippen LogP contribution in [0, 0.1) is 11.8 Å². The van der Waals surface area contributed by atoms with Crippen LogP contribution in [-0.4, -0.2) is 30.0 Å². The third-order valence-corrected chi connectivity index (χ3v) is 4.75. The molecule has 1 heterocycles. The summed E-state index contributed by atoms with van der Waals surface area (Å²) >= 11 is 0. The Morgan fingerprint density at radius 3 is 2.85 bits per heavy atom. The van der Waals surface area contributed by atoms with Gasteiger partial charge < -0.3 is 10.1 Å². The zero-order chi connectivity index (χ0) is 18.7. The summed E-state index contributed by atoms with van der Waals surface area (Å²) in [5.41, 5.74) is 3.35. The number of hydrogen-bond acceptors (Lipinski definition) is 4. The number of benzene rings is 1. The number of aryl methyl sites for hydroxylation is 1. The number of fused-ring (bicyclic) bond motifs is 2. The van der Waals surface area contributed by atoms with Crippen LogP contribution in [0.1, 0.15) is 48.8 Å². The topological polar surface area (TPSA) is 68.3 Å². The van der Waals surface area contributed by atoms with E-state index in [2.05, 4.69) is 12.2 Å². The van der Waals surface area contributed by atoms with Crippen LogP contribution in [0.2, 0.25) is 0 Å². The molecule has 3 rings (SSSR count). The van der Waals surface area contributed by atoms with Crippen molar-refractivity contribution < 1.29 is 14.3 Å². The number of pyridine rings is 1. The van der Waals surface area contributed by atoms with Gasteiger partial charge in [0, 0.05) is 17.6 Å². The maximum absolute atomic E-state index is 12.8. The van der Waals surface area contributed by atoms with Gasteiger partial charge in [-0.2, -0.15) is 0 Å². The SMILES string of the molecule is CC(C)CNC(=O)COC(=O)c1c2c(nc3ccccc13)CCC(C)C2. The minimum absolute atomic E-state index is 0.257. The number of nitrogens with one attached hydrogen (secondary N) is 1. The normalized spacial score (nSPS) is 16.4. The molecular formula is C21H26N2O3. The minimum atomic E-state index is -0.436. The highest BCUT2D eigenvalue weighted by Crippen LogP contribution is 2.31. The molecule has 0 saturated carbocycles. The monoisotopic (exact) mass is 354 g/mol. The average molecular weight is 354 g/mol. The van der Waals surface area contributed by atoms with Crippen molar-refractivity contribution in [3.05, 3.63) is 41.1 Å². The van der Waals surface area contributed by atoms with Crippen molar-refractivity contribution in [2.75, 3.05) is 13.2 Å². The zero-order valence-electron chi connectivity index (χ0n) is 15.7. The number of rotatable bonds is 5. The fraction of sp³-hybridized carbons (Fsp3) is 0.476.